The van der Waals surface area contributed by atoms with E-state index in [-0.39, 0.29) is 12.5 Å². The number of para-hydroxylation sites is 1. The lowest BCUT2D eigenvalue weighted by atomic mass is 10.0. The second kappa shape index (κ2) is 5.19. The number of fused-ring (bicyclic) bond motifs is 1. The van der Waals surface area contributed by atoms with Crippen molar-refractivity contribution in [3.05, 3.63) is 29.8 Å². The van der Waals surface area contributed by atoms with Crippen LogP contribution in [0.5, 0.6) is 0 Å². The smallest absolute Gasteiger partial charge is 0.325 e. The minimum Gasteiger partial charge on any atom is -0.468 e. The van der Waals surface area contributed by atoms with Gasteiger partial charge in [-0.3, -0.25) is 4.79 Å². The number of ether oxygens (including phenoxy) is 1. The van der Waals surface area contributed by atoms with Gasteiger partial charge in [0.15, 0.2) is 0 Å². The molecular formula is C13H17NO3. The molecule has 0 aromatic heterocycles. The number of carbonyl (C=O) groups is 1. The summed E-state index contributed by atoms with van der Waals surface area (Å²) in [5.41, 5.74) is 1.83. The van der Waals surface area contributed by atoms with Gasteiger partial charge >= 0.3 is 5.97 Å². The summed E-state index contributed by atoms with van der Waals surface area (Å²) in [6.45, 7) is 1.00. The lowest BCUT2D eigenvalue weighted by Crippen LogP contribution is -2.31. The molecule has 1 heterocycles. The van der Waals surface area contributed by atoms with Gasteiger partial charge < -0.3 is 14.7 Å². The molecule has 0 bridgehead atoms. The first-order valence-electron chi connectivity index (χ1n) is 5.81. The fraction of sp³-hybridized carbons (Fsp3) is 0.462. The van der Waals surface area contributed by atoms with E-state index in [2.05, 4.69) is 0 Å². The van der Waals surface area contributed by atoms with Gasteiger partial charge in [0.25, 0.3) is 0 Å². The average molecular weight is 235 g/mol. The van der Waals surface area contributed by atoms with E-state index in [0.29, 0.717) is 0 Å². The van der Waals surface area contributed by atoms with Gasteiger partial charge in [0.1, 0.15) is 6.54 Å². The fourth-order valence-corrected chi connectivity index (χ4v) is 2.19. The zero-order valence-corrected chi connectivity index (χ0v) is 9.93. The summed E-state index contributed by atoms with van der Waals surface area (Å²) in [5, 5.41) is 10.0. The Balaban J connectivity index is 2.28. The molecular weight excluding hydrogens is 218 g/mol. The number of anilines is 1. The fourth-order valence-electron chi connectivity index (χ4n) is 2.19. The number of carbonyl (C=O) groups excluding carboxylic acids is 1. The molecule has 0 saturated carbocycles. The Labute approximate surface area is 101 Å². The summed E-state index contributed by atoms with van der Waals surface area (Å²) in [5.74, 6) is -0.254. The van der Waals surface area contributed by atoms with Crippen LogP contribution in [0.1, 0.15) is 24.5 Å². The van der Waals surface area contributed by atoms with Gasteiger partial charge in [-0.15, -0.1) is 0 Å². The molecule has 0 saturated heterocycles. The molecule has 2 rings (SSSR count). The normalized spacial score (nSPS) is 19.4. The Morgan fingerprint density at radius 1 is 1.53 bits per heavy atom. The highest BCUT2D eigenvalue weighted by Crippen LogP contribution is 2.32. The van der Waals surface area contributed by atoms with Crippen LogP contribution in [-0.4, -0.2) is 31.3 Å². The molecule has 1 aromatic carbocycles. The van der Waals surface area contributed by atoms with E-state index in [1.165, 1.54) is 7.11 Å². The monoisotopic (exact) mass is 235 g/mol. The van der Waals surface area contributed by atoms with Crippen molar-refractivity contribution in [2.45, 2.75) is 18.9 Å². The third-order valence-corrected chi connectivity index (χ3v) is 3.09. The number of benzene rings is 1. The summed E-state index contributed by atoms with van der Waals surface area (Å²) >= 11 is 0. The molecule has 17 heavy (non-hydrogen) atoms. The maximum atomic E-state index is 11.4. The molecule has 1 aromatic rings. The Kier molecular flexibility index (Phi) is 3.64. The van der Waals surface area contributed by atoms with Gasteiger partial charge in [-0.1, -0.05) is 18.2 Å². The van der Waals surface area contributed by atoms with Crippen molar-refractivity contribution < 1.29 is 14.6 Å². The third kappa shape index (κ3) is 2.58. The Hall–Kier alpha value is -1.55. The topological polar surface area (TPSA) is 49.8 Å². The molecule has 4 heteroatoms. The number of hydrogen-bond acceptors (Lipinski definition) is 4. The molecule has 4 nitrogen and oxygen atoms in total. The highest BCUT2D eigenvalue weighted by molar-refractivity contribution is 5.76. The molecule has 92 valence electrons. The van der Waals surface area contributed by atoms with Crippen LogP contribution in [-0.2, 0) is 9.53 Å². The summed E-state index contributed by atoms with van der Waals surface area (Å²) in [4.78, 5) is 13.3. The van der Waals surface area contributed by atoms with Crippen LogP contribution in [0.25, 0.3) is 0 Å². The first kappa shape index (κ1) is 11.9. The number of aliphatic hydroxyl groups is 1. The Morgan fingerprint density at radius 3 is 3.06 bits per heavy atom. The van der Waals surface area contributed by atoms with Gasteiger partial charge in [-0.2, -0.15) is 0 Å². The van der Waals surface area contributed by atoms with Crippen molar-refractivity contribution in [2.24, 2.45) is 0 Å². The molecule has 1 atom stereocenters. The molecule has 1 N–H and O–H groups in total. The Bertz CT molecular complexity index is 405. The van der Waals surface area contributed by atoms with E-state index in [9.17, 15) is 9.90 Å². The van der Waals surface area contributed by atoms with Crippen molar-refractivity contribution in [1.29, 1.82) is 0 Å². The predicted molar refractivity (Wildman–Crippen MR) is 64.9 cm³/mol. The van der Waals surface area contributed by atoms with Crippen LogP contribution in [0.15, 0.2) is 24.3 Å². The number of methoxy groups -OCH3 is 1. The van der Waals surface area contributed by atoms with E-state index in [1.54, 1.807) is 0 Å². The summed E-state index contributed by atoms with van der Waals surface area (Å²) in [7, 11) is 1.39. The molecule has 1 aliphatic rings. The van der Waals surface area contributed by atoms with E-state index in [1.807, 2.05) is 29.2 Å². The van der Waals surface area contributed by atoms with Crippen LogP contribution < -0.4 is 4.90 Å². The molecule has 0 fully saturated rings. The van der Waals surface area contributed by atoms with Crippen LogP contribution in [0.2, 0.25) is 0 Å². The van der Waals surface area contributed by atoms with Crippen LogP contribution in [0.3, 0.4) is 0 Å². The SMILES string of the molecule is COC(=O)CN1CCCC(O)c2ccccc21. The van der Waals surface area contributed by atoms with E-state index >= 15 is 0 Å². The summed E-state index contributed by atoms with van der Waals surface area (Å²) < 4.78 is 4.69. The van der Waals surface area contributed by atoms with E-state index in [0.717, 1.165) is 30.6 Å². The maximum Gasteiger partial charge on any atom is 0.325 e. The van der Waals surface area contributed by atoms with Crippen molar-refractivity contribution in [3.63, 3.8) is 0 Å². The van der Waals surface area contributed by atoms with Crippen LogP contribution in [0.4, 0.5) is 5.69 Å². The third-order valence-electron chi connectivity index (χ3n) is 3.09. The first-order chi connectivity index (χ1) is 8.22. The largest absolute Gasteiger partial charge is 0.468 e. The quantitative estimate of drug-likeness (QED) is 0.789. The highest BCUT2D eigenvalue weighted by atomic mass is 16.5. The van der Waals surface area contributed by atoms with Crippen LogP contribution in [0, 0.1) is 0 Å². The van der Waals surface area contributed by atoms with Crippen molar-refractivity contribution in [3.8, 4) is 0 Å². The Morgan fingerprint density at radius 2 is 2.29 bits per heavy atom. The molecule has 1 aliphatic heterocycles. The van der Waals surface area contributed by atoms with Crippen molar-refractivity contribution >= 4 is 11.7 Å². The van der Waals surface area contributed by atoms with E-state index < -0.39 is 6.10 Å². The summed E-state index contributed by atoms with van der Waals surface area (Å²) in [6, 6.07) is 7.67. The first-order valence-corrected chi connectivity index (χ1v) is 5.81. The minimum atomic E-state index is -0.436. The summed E-state index contributed by atoms with van der Waals surface area (Å²) in [6.07, 6.45) is 1.16. The molecule has 0 radical (unpaired) electrons. The van der Waals surface area contributed by atoms with Gasteiger partial charge in [0.05, 0.1) is 13.2 Å². The lowest BCUT2D eigenvalue weighted by molar-refractivity contribution is -0.138. The van der Waals surface area contributed by atoms with Gasteiger partial charge in [0, 0.05) is 17.8 Å². The van der Waals surface area contributed by atoms with Gasteiger partial charge in [-0.25, -0.2) is 0 Å². The average Bonchev–Trinajstić information content (AvgIpc) is 2.51. The number of aliphatic hydroxyl groups excluding tert-OH is 1. The number of nitrogens with zero attached hydrogens (tertiary/aromatic N) is 1. The van der Waals surface area contributed by atoms with Gasteiger partial charge in [0.2, 0.25) is 0 Å². The highest BCUT2D eigenvalue weighted by Gasteiger charge is 2.22. The minimum absolute atomic E-state index is 0.236. The molecule has 1 unspecified atom stereocenters. The second-order valence-corrected chi connectivity index (χ2v) is 4.21. The van der Waals surface area contributed by atoms with Crippen molar-refractivity contribution in [2.75, 3.05) is 25.1 Å². The molecule has 0 amide bonds. The van der Waals surface area contributed by atoms with Crippen molar-refractivity contribution in [1.82, 2.24) is 0 Å². The molecule has 0 aliphatic carbocycles. The maximum absolute atomic E-state index is 11.4. The zero-order valence-electron chi connectivity index (χ0n) is 9.93. The standard InChI is InChI=1S/C13H17NO3/c1-17-13(16)9-14-8-4-7-12(15)10-5-2-3-6-11(10)14/h2-3,5-6,12,15H,4,7-9H2,1H3. The van der Waals surface area contributed by atoms with E-state index in [4.69, 9.17) is 4.74 Å². The number of hydrogen-bond donors (Lipinski definition) is 1. The van der Waals surface area contributed by atoms with Crippen LogP contribution >= 0.6 is 0 Å². The number of rotatable bonds is 2. The van der Waals surface area contributed by atoms with Gasteiger partial charge in [-0.05, 0) is 18.9 Å². The molecule has 0 spiro atoms. The zero-order chi connectivity index (χ0) is 12.3. The second-order valence-electron chi connectivity index (χ2n) is 4.21. The predicted octanol–water partition coefficient (Wildman–Crippen LogP) is 1.49. The lowest BCUT2D eigenvalue weighted by Gasteiger charge is -2.23. The number of esters is 1.